The van der Waals surface area contributed by atoms with Crippen molar-refractivity contribution in [1.82, 2.24) is 5.32 Å². The molecule has 9 heteroatoms. The van der Waals surface area contributed by atoms with E-state index in [0.29, 0.717) is 25.1 Å². The number of carbonyl (C=O) groups is 1. The Morgan fingerprint density at radius 3 is 2.45 bits per heavy atom. The third kappa shape index (κ3) is 6.93. The normalized spacial score (nSPS) is 11.4. The number of ether oxygens (including phenoxy) is 2. The molecule has 0 aliphatic rings. The Labute approximate surface area is 183 Å². The Balaban J connectivity index is 2.28. The molecule has 2 aromatic carbocycles. The van der Waals surface area contributed by atoms with Crippen LogP contribution < -0.4 is 14.4 Å². The highest BCUT2D eigenvalue weighted by Crippen LogP contribution is 2.30. The van der Waals surface area contributed by atoms with Gasteiger partial charge in [-0.2, -0.15) is 0 Å². The SMILES string of the molecule is COc1ccc(C)cc1S(=O)(=O)N(CC(=O)NCCCOC(C)C)c1ccc(F)cc1. The van der Waals surface area contributed by atoms with Crippen LogP contribution in [0.2, 0.25) is 0 Å². The van der Waals surface area contributed by atoms with Crippen molar-refractivity contribution in [3.05, 3.63) is 53.8 Å². The summed E-state index contributed by atoms with van der Waals surface area (Å²) in [4.78, 5) is 12.5. The molecule has 0 aromatic heterocycles. The summed E-state index contributed by atoms with van der Waals surface area (Å²) in [6.45, 7) is 5.96. The van der Waals surface area contributed by atoms with Crippen LogP contribution in [0, 0.1) is 12.7 Å². The Bertz CT molecular complexity index is 978. The second-order valence-corrected chi connectivity index (χ2v) is 9.10. The maximum Gasteiger partial charge on any atom is 0.268 e. The van der Waals surface area contributed by atoms with Crippen molar-refractivity contribution in [3.63, 3.8) is 0 Å². The van der Waals surface area contributed by atoms with Crippen LogP contribution in [-0.4, -0.2) is 47.2 Å². The molecule has 170 valence electrons. The molecule has 1 N–H and O–H groups in total. The highest BCUT2D eigenvalue weighted by atomic mass is 32.2. The molecule has 0 aliphatic carbocycles. The Hall–Kier alpha value is -2.65. The first-order valence-electron chi connectivity index (χ1n) is 9.96. The van der Waals surface area contributed by atoms with Crippen molar-refractivity contribution in [3.8, 4) is 5.75 Å². The molecule has 0 bridgehead atoms. The number of hydrogen-bond acceptors (Lipinski definition) is 5. The van der Waals surface area contributed by atoms with Crippen LogP contribution >= 0.6 is 0 Å². The van der Waals surface area contributed by atoms with Gasteiger partial charge in [0.25, 0.3) is 10.0 Å². The number of nitrogens with one attached hydrogen (secondary N) is 1. The van der Waals surface area contributed by atoms with E-state index in [1.165, 1.54) is 25.3 Å². The third-order valence-electron chi connectivity index (χ3n) is 4.38. The standard InChI is InChI=1S/C22H29FN2O5S/c1-16(2)30-13-5-12-24-22(26)15-25(19-9-7-18(23)8-10-19)31(27,28)21-14-17(3)6-11-20(21)29-4/h6-11,14,16H,5,12-13,15H2,1-4H3,(H,24,26). The smallest absolute Gasteiger partial charge is 0.268 e. The quantitative estimate of drug-likeness (QED) is 0.529. The topological polar surface area (TPSA) is 84.9 Å². The highest BCUT2D eigenvalue weighted by Gasteiger charge is 2.30. The van der Waals surface area contributed by atoms with Gasteiger partial charge in [0.2, 0.25) is 5.91 Å². The number of hydrogen-bond donors (Lipinski definition) is 1. The fourth-order valence-corrected chi connectivity index (χ4v) is 4.50. The molecule has 2 aromatic rings. The van der Waals surface area contributed by atoms with Gasteiger partial charge in [0.05, 0.1) is 18.9 Å². The Morgan fingerprint density at radius 1 is 1.16 bits per heavy atom. The van der Waals surface area contributed by atoms with Gasteiger partial charge in [-0.05, 0) is 69.2 Å². The second-order valence-electron chi connectivity index (χ2n) is 7.27. The number of amides is 1. The van der Waals surface area contributed by atoms with Crippen molar-refractivity contribution < 1.29 is 27.1 Å². The number of anilines is 1. The van der Waals surface area contributed by atoms with Crippen molar-refractivity contribution in [2.75, 3.05) is 31.1 Å². The minimum atomic E-state index is -4.17. The van der Waals surface area contributed by atoms with Crippen LogP contribution in [0.4, 0.5) is 10.1 Å². The van der Waals surface area contributed by atoms with E-state index in [4.69, 9.17) is 9.47 Å². The minimum absolute atomic E-state index is 0.0718. The van der Waals surface area contributed by atoms with Gasteiger partial charge in [-0.25, -0.2) is 12.8 Å². The van der Waals surface area contributed by atoms with Crippen LogP contribution in [0.25, 0.3) is 0 Å². The van der Waals surface area contributed by atoms with Gasteiger partial charge in [0.1, 0.15) is 23.0 Å². The zero-order valence-electron chi connectivity index (χ0n) is 18.2. The first kappa shape index (κ1) is 24.6. The number of carbonyl (C=O) groups excluding carboxylic acids is 1. The fraction of sp³-hybridized carbons (Fsp3) is 0.409. The fourth-order valence-electron chi connectivity index (χ4n) is 2.83. The maximum atomic E-state index is 13.5. The van der Waals surface area contributed by atoms with Gasteiger partial charge in [-0.3, -0.25) is 9.10 Å². The molecule has 0 spiro atoms. The molecular weight excluding hydrogens is 423 g/mol. The molecule has 0 atom stereocenters. The molecule has 7 nitrogen and oxygen atoms in total. The molecule has 0 unspecified atom stereocenters. The highest BCUT2D eigenvalue weighted by molar-refractivity contribution is 7.93. The number of benzene rings is 2. The third-order valence-corrected chi connectivity index (χ3v) is 6.18. The van der Waals surface area contributed by atoms with E-state index < -0.39 is 28.3 Å². The predicted molar refractivity (Wildman–Crippen MR) is 117 cm³/mol. The number of aryl methyl sites for hydroxylation is 1. The van der Waals surface area contributed by atoms with E-state index in [0.717, 1.165) is 16.4 Å². The summed E-state index contributed by atoms with van der Waals surface area (Å²) in [5, 5.41) is 2.70. The maximum absolute atomic E-state index is 13.5. The lowest BCUT2D eigenvalue weighted by Crippen LogP contribution is -2.41. The molecule has 31 heavy (non-hydrogen) atoms. The summed E-state index contributed by atoms with van der Waals surface area (Å²) in [7, 11) is -2.80. The van der Waals surface area contributed by atoms with E-state index in [-0.39, 0.29) is 22.4 Å². The van der Waals surface area contributed by atoms with Gasteiger partial charge < -0.3 is 14.8 Å². The average molecular weight is 453 g/mol. The number of halogens is 1. The van der Waals surface area contributed by atoms with Crippen LogP contribution in [0.1, 0.15) is 25.8 Å². The molecular formula is C22H29FN2O5S. The number of sulfonamides is 1. The average Bonchev–Trinajstić information content (AvgIpc) is 2.72. The Morgan fingerprint density at radius 2 is 1.84 bits per heavy atom. The first-order chi connectivity index (χ1) is 14.6. The zero-order valence-corrected chi connectivity index (χ0v) is 19.0. The van der Waals surface area contributed by atoms with Crippen LogP contribution in [-0.2, 0) is 19.6 Å². The Kier molecular flexibility index (Phi) is 8.82. The molecule has 2 rings (SSSR count). The largest absolute Gasteiger partial charge is 0.495 e. The molecule has 0 radical (unpaired) electrons. The summed E-state index contributed by atoms with van der Waals surface area (Å²) < 4.78 is 52.0. The summed E-state index contributed by atoms with van der Waals surface area (Å²) in [5.74, 6) is -0.836. The van der Waals surface area contributed by atoms with E-state index in [9.17, 15) is 17.6 Å². The van der Waals surface area contributed by atoms with Crippen molar-refractivity contribution in [2.45, 2.75) is 38.2 Å². The van der Waals surface area contributed by atoms with Crippen LogP contribution in [0.15, 0.2) is 47.4 Å². The van der Waals surface area contributed by atoms with E-state index >= 15 is 0 Å². The van der Waals surface area contributed by atoms with Crippen molar-refractivity contribution in [2.24, 2.45) is 0 Å². The lowest BCUT2D eigenvalue weighted by molar-refractivity contribution is -0.119. The number of rotatable bonds is 11. The summed E-state index contributed by atoms with van der Waals surface area (Å²) in [5.41, 5.74) is 0.885. The summed E-state index contributed by atoms with van der Waals surface area (Å²) >= 11 is 0. The summed E-state index contributed by atoms with van der Waals surface area (Å²) in [6.07, 6.45) is 0.693. The zero-order chi connectivity index (χ0) is 23.0. The number of methoxy groups -OCH3 is 1. The molecule has 0 aliphatic heterocycles. The molecule has 0 saturated heterocycles. The molecule has 0 fully saturated rings. The van der Waals surface area contributed by atoms with E-state index in [2.05, 4.69) is 5.32 Å². The molecule has 0 heterocycles. The van der Waals surface area contributed by atoms with Gasteiger partial charge in [-0.1, -0.05) is 6.07 Å². The van der Waals surface area contributed by atoms with Gasteiger partial charge in [0.15, 0.2) is 0 Å². The van der Waals surface area contributed by atoms with E-state index in [1.54, 1.807) is 19.1 Å². The monoisotopic (exact) mass is 452 g/mol. The lowest BCUT2D eigenvalue weighted by Gasteiger charge is -2.25. The summed E-state index contributed by atoms with van der Waals surface area (Å²) in [6, 6.07) is 9.69. The lowest BCUT2D eigenvalue weighted by atomic mass is 10.2. The number of nitrogens with zero attached hydrogens (tertiary/aromatic N) is 1. The van der Waals surface area contributed by atoms with Crippen molar-refractivity contribution >= 4 is 21.6 Å². The van der Waals surface area contributed by atoms with Gasteiger partial charge in [0, 0.05) is 13.2 Å². The second kappa shape index (κ2) is 11.1. The predicted octanol–water partition coefficient (Wildman–Crippen LogP) is 3.27. The van der Waals surface area contributed by atoms with Gasteiger partial charge >= 0.3 is 0 Å². The van der Waals surface area contributed by atoms with Crippen LogP contribution in [0.3, 0.4) is 0 Å². The minimum Gasteiger partial charge on any atom is -0.495 e. The molecule has 1 amide bonds. The van der Waals surface area contributed by atoms with Gasteiger partial charge in [-0.15, -0.1) is 0 Å². The molecule has 0 saturated carbocycles. The van der Waals surface area contributed by atoms with Crippen LogP contribution in [0.5, 0.6) is 5.75 Å². The van der Waals surface area contributed by atoms with Crippen molar-refractivity contribution in [1.29, 1.82) is 0 Å². The first-order valence-corrected chi connectivity index (χ1v) is 11.4. The van der Waals surface area contributed by atoms with E-state index in [1.807, 2.05) is 13.8 Å².